The molecule has 8 nitrogen and oxygen atoms in total. The zero-order valence-corrected chi connectivity index (χ0v) is 16.3. The number of furan rings is 1. The fraction of sp³-hybridized carbons (Fsp3) is 0.550. The van der Waals surface area contributed by atoms with Gasteiger partial charge in [-0.3, -0.25) is 4.79 Å². The van der Waals surface area contributed by atoms with Crippen molar-refractivity contribution in [1.29, 1.82) is 0 Å². The number of carbonyl (C=O) groups is 1. The van der Waals surface area contributed by atoms with Gasteiger partial charge in [-0.2, -0.15) is 0 Å². The van der Waals surface area contributed by atoms with Gasteiger partial charge in [-0.1, -0.05) is 0 Å². The molecule has 1 N–H and O–H groups in total. The summed E-state index contributed by atoms with van der Waals surface area (Å²) in [7, 11) is 0. The summed E-state index contributed by atoms with van der Waals surface area (Å²) in [6.45, 7) is 7.12. The number of amides is 1. The zero-order valence-electron chi connectivity index (χ0n) is 16.3. The fourth-order valence-electron chi connectivity index (χ4n) is 3.84. The van der Waals surface area contributed by atoms with Crippen LogP contribution in [0.15, 0.2) is 29.1 Å². The first-order chi connectivity index (χ1) is 13.7. The number of anilines is 2. The molecule has 1 amide bonds. The second-order valence-electron chi connectivity index (χ2n) is 7.32. The largest absolute Gasteiger partial charge is 0.465 e. The first-order valence-corrected chi connectivity index (χ1v) is 9.91. The van der Waals surface area contributed by atoms with Gasteiger partial charge in [0.1, 0.15) is 17.8 Å². The summed E-state index contributed by atoms with van der Waals surface area (Å²) in [5.74, 6) is 2.75. The molecule has 2 aliphatic rings. The highest BCUT2D eigenvalue weighted by atomic mass is 16.5. The predicted molar refractivity (Wildman–Crippen MR) is 105 cm³/mol. The first-order valence-electron chi connectivity index (χ1n) is 9.91. The summed E-state index contributed by atoms with van der Waals surface area (Å²) in [5, 5.41) is 3.00. The van der Waals surface area contributed by atoms with Crippen molar-refractivity contribution in [2.45, 2.75) is 26.3 Å². The number of piperidine rings is 1. The molecule has 0 bridgehead atoms. The highest BCUT2D eigenvalue weighted by molar-refractivity contribution is 5.79. The Morgan fingerprint density at radius 2 is 1.96 bits per heavy atom. The second-order valence-corrected chi connectivity index (χ2v) is 7.32. The summed E-state index contributed by atoms with van der Waals surface area (Å²) in [6, 6.07) is 3.81. The minimum Gasteiger partial charge on any atom is -0.465 e. The van der Waals surface area contributed by atoms with Crippen LogP contribution in [0.25, 0.3) is 0 Å². The lowest BCUT2D eigenvalue weighted by molar-refractivity contribution is -0.125. The molecule has 0 unspecified atom stereocenters. The molecular formula is C20H27N5O3. The van der Waals surface area contributed by atoms with Crippen molar-refractivity contribution in [3.05, 3.63) is 36.2 Å². The number of aromatic nitrogens is 2. The number of morpholine rings is 1. The lowest BCUT2D eigenvalue weighted by Crippen LogP contribution is -2.42. The van der Waals surface area contributed by atoms with E-state index in [-0.39, 0.29) is 11.8 Å². The van der Waals surface area contributed by atoms with Crippen LogP contribution < -0.4 is 15.1 Å². The molecule has 0 radical (unpaired) electrons. The quantitative estimate of drug-likeness (QED) is 0.839. The molecule has 2 saturated heterocycles. The van der Waals surface area contributed by atoms with Crippen LogP contribution in [0.4, 0.5) is 11.5 Å². The Bertz CT molecular complexity index is 795. The van der Waals surface area contributed by atoms with Gasteiger partial charge in [-0.05, 0) is 31.9 Å². The van der Waals surface area contributed by atoms with Gasteiger partial charge in [0, 0.05) is 32.1 Å². The normalized spacial score (nSPS) is 18.3. The van der Waals surface area contributed by atoms with Gasteiger partial charge in [-0.25, -0.2) is 9.97 Å². The monoisotopic (exact) mass is 385 g/mol. The highest BCUT2D eigenvalue weighted by Gasteiger charge is 2.28. The third-order valence-corrected chi connectivity index (χ3v) is 5.42. The number of rotatable bonds is 5. The highest BCUT2D eigenvalue weighted by Crippen LogP contribution is 2.30. The minimum absolute atomic E-state index is 0.0313. The van der Waals surface area contributed by atoms with Crippen molar-refractivity contribution < 1.29 is 13.9 Å². The molecule has 0 spiro atoms. The van der Waals surface area contributed by atoms with Crippen molar-refractivity contribution in [2.75, 3.05) is 49.2 Å². The molecule has 4 heterocycles. The number of nitrogens with one attached hydrogen (secondary N) is 1. The van der Waals surface area contributed by atoms with Crippen molar-refractivity contribution in [1.82, 2.24) is 15.3 Å². The molecule has 2 aromatic heterocycles. The van der Waals surface area contributed by atoms with Crippen molar-refractivity contribution >= 4 is 17.4 Å². The van der Waals surface area contributed by atoms with E-state index in [0.29, 0.717) is 6.54 Å². The number of hydrogen-bond donors (Lipinski definition) is 1. The summed E-state index contributed by atoms with van der Waals surface area (Å²) >= 11 is 0. The van der Waals surface area contributed by atoms with Gasteiger partial charge in [0.2, 0.25) is 5.91 Å². The number of carbonyl (C=O) groups excluding carboxylic acids is 1. The van der Waals surface area contributed by atoms with Gasteiger partial charge in [0.05, 0.1) is 31.6 Å². The SMILES string of the molecule is Cc1ccc(CNC(=O)C2CCN(c3cncnc3N3CCOCC3)CC2)o1. The van der Waals surface area contributed by atoms with Gasteiger partial charge in [0.15, 0.2) is 5.82 Å². The van der Waals surface area contributed by atoms with E-state index in [1.807, 2.05) is 25.3 Å². The van der Waals surface area contributed by atoms with Gasteiger partial charge >= 0.3 is 0 Å². The maximum atomic E-state index is 12.5. The third kappa shape index (κ3) is 4.27. The Balaban J connectivity index is 1.33. The maximum Gasteiger partial charge on any atom is 0.223 e. The number of ether oxygens (including phenoxy) is 1. The number of nitrogens with zero attached hydrogens (tertiary/aromatic N) is 4. The maximum absolute atomic E-state index is 12.5. The average Bonchev–Trinajstić information content (AvgIpc) is 3.18. The van der Waals surface area contributed by atoms with E-state index >= 15 is 0 Å². The molecule has 0 saturated carbocycles. The molecule has 0 atom stereocenters. The van der Waals surface area contributed by atoms with Crippen LogP contribution in [-0.4, -0.2) is 55.3 Å². The Hall–Kier alpha value is -2.61. The molecule has 0 aromatic carbocycles. The molecule has 8 heteroatoms. The average molecular weight is 385 g/mol. The Kier molecular flexibility index (Phi) is 5.76. The Morgan fingerprint density at radius 3 is 2.68 bits per heavy atom. The summed E-state index contributed by atoms with van der Waals surface area (Å²) in [5.41, 5.74) is 1.05. The molecule has 0 aliphatic carbocycles. The number of hydrogen-bond acceptors (Lipinski definition) is 7. The molecule has 2 aliphatic heterocycles. The van der Waals surface area contributed by atoms with E-state index in [4.69, 9.17) is 9.15 Å². The van der Waals surface area contributed by atoms with Crippen molar-refractivity contribution in [3.8, 4) is 0 Å². The zero-order chi connectivity index (χ0) is 19.3. The minimum atomic E-state index is 0.0313. The Labute approximate surface area is 164 Å². The molecule has 28 heavy (non-hydrogen) atoms. The van der Waals surface area contributed by atoms with Crippen LogP contribution in [-0.2, 0) is 16.1 Å². The summed E-state index contributed by atoms with van der Waals surface area (Å²) in [6.07, 6.45) is 5.13. The van der Waals surface area contributed by atoms with E-state index in [9.17, 15) is 4.79 Å². The van der Waals surface area contributed by atoms with Crippen LogP contribution in [0.3, 0.4) is 0 Å². The van der Waals surface area contributed by atoms with E-state index in [1.54, 1.807) is 6.33 Å². The standard InChI is InChI=1S/C20H27N5O3/c1-15-2-3-17(28-15)12-22-20(26)16-4-6-24(7-5-16)18-13-21-14-23-19(18)25-8-10-27-11-9-25/h2-3,13-14,16H,4-12H2,1H3,(H,22,26). The van der Waals surface area contributed by atoms with Crippen molar-refractivity contribution in [2.24, 2.45) is 5.92 Å². The van der Waals surface area contributed by atoms with E-state index in [2.05, 4.69) is 25.1 Å². The lowest BCUT2D eigenvalue weighted by atomic mass is 9.95. The Morgan fingerprint density at radius 1 is 1.18 bits per heavy atom. The van der Waals surface area contributed by atoms with E-state index in [1.165, 1.54) is 0 Å². The molecule has 2 aromatic rings. The smallest absolute Gasteiger partial charge is 0.223 e. The molecule has 4 rings (SSSR count). The van der Waals surface area contributed by atoms with Gasteiger partial charge < -0.3 is 24.3 Å². The summed E-state index contributed by atoms with van der Waals surface area (Å²) in [4.78, 5) is 25.8. The van der Waals surface area contributed by atoms with Crippen LogP contribution in [0, 0.1) is 12.8 Å². The van der Waals surface area contributed by atoms with Crippen LogP contribution in [0.5, 0.6) is 0 Å². The van der Waals surface area contributed by atoms with Crippen LogP contribution >= 0.6 is 0 Å². The van der Waals surface area contributed by atoms with Crippen LogP contribution in [0.1, 0.15) is 24.4 Å². The van der Waals surface area contributed by atoms with Crippen LogP contribution in [0.2, 0.25) is 0 Å². The third-order valence-electron chi connectivity index (χ3n) is 5.42. The van der Waals surface area contributed by atoms with E-state index < -0.39 is 0 Å². The fourth-order valence-corrected chi connectivity index (χ4v) is 3.84. The second kappa shape index (κ2) is 8.60. The van der Waals surface area contributed by atoms with E-state index in [0.717, 1.165) is 75.3 Å². The molecular weight excluding hydrogens is 358 g/mol. The number of aryl methyl sites for hydroxylation is 1. The van der Waals surface area contributed by atoms with Gasteiger partial charge in [0.25, 0.3) is 0 Å². The molecule has 150 valence electrons. The van der Waals surface area contributed by atoms with Crippen molar-refractivity contribution in [3.63, 3.8) is 0 Å². The topological polar surface area (TPSA) is 83.7 Å². The summed E-state index contributed by atoms with van der Waals surface area (Å²) < 4.78 is 11.0. The predicted octanol–water partition coefficient (Wildman–Crippen LogP) is 1.75. The molecule has 2 fully saturated rings. The first kappa shape index (κ1) is 18.7. The lowest BCUT2D eigenvalue weighted by Gasteiger charge is -2.36. The van der Waals surface area contributed by atoms with Gasteiger partial charge in [-0.15, -0.1) is 0 Å².